The van der Waals surface area contributed by atoms with Crippen LogP contribution in [0.2, 0.25) is 0 Å². The van der Waals surface area contributed by atoms with E-state index in [1.54, 1.807) is 6.20 Å². The van der Waals surface area contributed by atoms with Crippen molar-refractivity contribution >= 4 is 5.91 Å². The molecule has 0 aliphatic carbocycles. The zero-order valence-electron chi connectivity index (χ0n) is 13.4. The number of hydrogen-bond donors (Lipinski definition) is 1. The summed E-state index contributed by atoms with van der Waals surface area (Å²) in [4.78, 5) is 16.5. The second kappa shape index (κ2) is 6.64. The highest BCUT2D eigenvalue weighted by atomic mass is 16.2. The number of pyridine rings is 1. The van der Waals surface area contributed by atoms with Gasteiger partial charge in [-0.15, -0.1) is 5.10 Å². The largest absolute Gasteiger partial charge is 0.354 e. The molecule has 0 aromatic carbocycles. The number of aromatic nitrogens is 5. The average molecular weight is 302 g/mol. The Bertz CT molecular complexity index is 620. The molecule has 118 valence electrons. The van der Waals surface area contributed by atoms with Gasteiger partial charge in [-0.1, -0.05) is 33.8 Å². The summed E-state index contributed by atoms with van der Waals surface area (Å²) in [5.41, 5.74) is 0.707. The third kappa shape index (κ3) is 3.87. The van der Waals surface area contributed by atoms with E-state index >= 15 is 0 Å². The van der Waals surface area contributed by atoms with Crippen molar-refractivity contribution in [1.82, 2.24) is 30.5 Å². The second-order valence-electron chi connectivity index (χ2n) is 6.23. The van der Waals surface area contributed by atoms with Crippen molar-refractivity contribution in [3.63, 3.8) is 0 Å². The van der Waals surface area contributed by atoms with Gasteiger partial charge in [0.1, 0.15) is 6.54 Å². The molecule has 0 bridgehead atoms. The molecule has 7 nitrogen and oxygen atoms in total. The Balaban J connectivity index is 1.94. The van der Waals surface area contributed by atoms with E-state index < -0.39 is 0 Å². The van der Waals surface area contributed by atoms with Crippen LogP contribution in [0.5, 0.6) is 0 Å². The molecule has 2 heterocycles. The number of nitrogens with one attached hydrogen (secondary N) is 1. The van der Waals surface area contributed by atoms with Gasteiger partial charge in [0.25, 0.3) is 0 Å². The number of hydrogen-bond acceptors (Lipinski definition) is 5. The maximum Gasteiger partial charge on any atom is 0.241 e. The predicted molar refractivity (Wildman–Crippen MR) is 82.2 cm³/mol. The van der Waals surface area contributed by atoms with Crippen molar-refractivity contribution < 1.29 is 4.79 Å². The third-order valence-corrected chi connectivity index (χ3v) is 3.46. The van der Waals surface area contributed by atoms with Crippen molar-refractivity contribution in [3.8, 4) is 0 Å². The first-order valence-electron chi connectivity index (χ1n) is 7.34. The molecule has 0 aliphatic rings. The average Bonchev–Trinajstić information content (AvgIpc) is 2.94. The van der Waals surface area contributed by atoms with Crippen LogP contribution in [-0.2, 0) is 16.8 Å². The second-order valence-corrected chi connectivity index (χ2v) is 6.23. The Morgan fingerprint density at radius 1 is 1.36 bits per heavy atom. The zero-order valence-corrected chi connectivity index (χ0v) is 13.4. The fraction of sp³-hybridized carbons (Fsp3) is 0.533. The number of nitrogens with zero attached hydrogens (tertiary/aromatic N) is 5. The molecule has 7 heteroatoms. The molecule has 0 spiro atoms. The predicted octanol–water partition coefficient (Wildman–Crippen LogP) is 1.29. The lowest BCUT2D eigenvalue weighted by atomic mass is 9.89. The Hall–Kier alpha value is -2.31. The molecule has 0 aliphatic heterocycles. The number of rotatable bonds is 6. The molecule has 0 fully saturated rings. The Morgan fingerprint density at radius 3 is 2.77 bits per heavy atom. The standard InChI is InChI=1S/C15H22N6O/c1-11(2)14-18-19-20-21(14)9-13(22)17-10-15(3,4)12-7-5-6-8-16-12/h5-8,11H,9-10H2,1-4H3,(H,17,22). The van der Waals surface area contributed by atoms with E-state index in [4.69, 9.17) is 0 Å². The Morgan fingerprint density at radius 2 is 2.14 bits per heavy atom. The van der Waals surface area contributed by atoms with Crippen molar-refractivity contribution in [2.24, 2.45) is 0 Å². The molecule has 1 amide bonds. The van der Waals surface area contributed by atoms with Crippen molar-refractivity contribution in [3.05, 3.63) is 35.9 Å². The highest BCUT2D eigenvalue weighted by molar-refractivity contribution is 5.75. The van der Waals surface area contributed by atoms with Gasteiger partial charge in [0.05, 0.1) is 0 Å². The summed E-state index contributed by atoms with van der Waals surface area (Å²) in [5, 5.41) is 14.4. The highest BCUT2D eigenvalue weighted by Crippen LogP contribution is 2.19. The number of carbonyl (C=O) groups excluding carboxylic acids is 1. The van der Waals surface area contributed by atoms with E-state index in [0.29, 0.717) is 12.4 Å². The summed E-state index contributed by atoms with van der Waals surface area (Å²) in [5.74, 6) is 0.769. The highest BCUT2D eigenvalue weighted by Gasteiger charge is 2.23. The smallest absolute Gasteiger partial charge is 0.241 e. The lowest BCUT2D eigenvalue weighted by Crippen LogP contribution is -2.39. The first kappa shape index (κ1) is 16.1. The van der Waals surface area contributed by atoms with E-state index in [2.05, 4.69) is 25.8 Å². The molecular formula is C15H22N6O. The van der Waals surface area contributed by atoms with Crippen molar-refractivity contribution in [2.45, 2.75) is 45.6 Å². The molecule has 0 saturated carbocycles. The van der Waals surface area contributed by atoms with Crippen LogP contribution in [0.3, 0.4) is 0 Å². The van der Waals surface area contributed by atoms with Gasteiger partial charge in [0.2, 0.25) is 5.91 Å². The van der Waals surface area contributed by atoms with Crippen molar-refractivity contribution in [1.29, 1.82) is 0 Å². The Labute approximate surface area is 130 Å². The molecule has 2 rings (SSSR count). The summed E-state index contributed by atoms with van der Waals surface area (Å²) in [6.07, 6.45) is 1.76. The van der Waals surface area contributed by atoms with Crippen LogP contribution < -0.4 is 5.32 Å². The van der Waals surface area contributed by atoms with Gasteiger partial charge in [-0.05, 0) is 22.6 Å². The fourth-order valence-electron chi connectivity index (χ4n) is 2.10. The molecule has 2 aromatic rings. The zero-order chi connectivity index (χ0) is 16.2. The monoisotopic (exact) mass is 302 g/mol. The van der Waals surface area contributed by atoms with E-state index in [1.807, 2.05) is 45.9 Å². The van der Waals surface area contributed by atoms with Gasteiger partial charge >= 0.3 is 0 Å². The maximum absolute atomic E-state index is 12.1. The van der Waals surface area contributed by atoms with Gasteiger partial charge in [-0.3, -0.25) is 9.78 Å². The molecule has 2 aromatic heterocycles. The normalized spacial score (nSPS) is 11.7. The molecule has 0 saturated heterocycles. The van der Waals surface area contributed by atoms with Crippen LogP contribution in [0.4, 0.5) is 0 Å². The van der Waals surface area contributed by atoms with E-state index in [1.165, 1.54) is 4.68 Å². The lowest BCUT2D eigenvalue weighted by Gasteiger charge is -2.24. The van der Waals surface area contributed by atoms with E-state index in [-0.39, 0.29) is 23.8 Å². The summed E-state index contributed by atoms with van der Waals surface area (Å²) >= 11 is 0. The van der Waals surface area contributed by atoms with Gasteiger partial charge < -0.3 is 5.32 Å². The summed E-state index contributed by atoms with van der Waals surface area (Å²) < 4.78 is 1.54. The maximum atomic E-state index is 12.1. The summed E-state index contributed by atoms with van der Waals surface area (Å²) in [6.45, 7) is 8.70. The van der Waals surface area contributed by atoms with Gasteiger partial charge in [-0.25, -0.2) is 4.68 Å². The van der Waals surface area contributed by atoms with E-state index in [0.717, 1.165) is 5.69 Å². The summed E-state index contributed by atoms with van der Waals surface area (Å²) in [7, 11) is 0. The number of tetrazole rings is 1. The van der Waals surface area contributed by atoms with Crippen LogP contribution in [0, 0.1) is 0 Å². The van der Waals surface area contributed by atoms with Crippen LogP contribution in [0.15, 0.2) is 24.4 Å². The first-order chi connectivity index (χ1) is 10.4. The minimum absolute atomic E-state index is 0.113. The molecule has 1 N–H and O–H groups in total. The molecule has 0 atom stereocenters. The third-order valence-electron chi connectivity index (χ3n) is 3.46. The van der Waals surface area contributed by atoms with E-state index in [9.17, 15) is 4.79 Å². The molecule has 0 radical (unpaired) electrons. The topological polar surface area (TPSA) is 85.6 Å². The minimum atomic E-state index is -0.238. The molecule has 0 unspecified atom stereocenters. The van der Waals surface area contributed by atoms with Crippen LogP contribution >= 0.6 is 0 Å². The van der Waals surface area contributed by atoms with Crippen LogP contribution in [0.25, 0.3) is 0 Å². The number of amides is 1. The fourth-order valence-corrected chi connectivity index (χ4v) is 2.10. The molecule has 22 heavy (non-hydrogen) atoms. The molecular weight excluding hydrogens is 280 g/mol. The van der Waals surface area contributed by atoms with Gasteiger partial charge in [-0.2, -0.15) is 0 Å². The SMILES string of the molecule is CC(C)c1nnnn1CC(=O)NCC(C)(C)c1ccccn1. The van der Waals surface area contributed by atoms with Crippen LogP contribution in [-0.4, -0.2) is 37.6 Å². The van der Waals surface area contributed by atoms with Crippen LogP contribution in [0.1, 0.15) is 45.1 Å². The first-order valence-corrected chi connectivity index (χ1v) is 7.34. The Kier molecular flexibility index (Phi) is 4.85. The van der Waals surface area contributed by atoms with Crippen molar-refractivity contribution in [2.75, 3.05) is 6.54 Å². The van der Waals surface area contributed by atoms with Gasteiger partial charge in [0.15, 0.2) is 5.82 Å². The lowest BCUT2D eigenvalue weighted by molar-refractivity contribution is -0.122. The quantitative estimate of drug-likeness (QED) is 0.869. The summed E-state index contributed by atoms with van der Waals surface area (Å²) in [6, 6.07) is 5.79. The van der Waals surface area contributed by atoms with Gasteiger partial charge in [0, 0.05) is 29.8 Å². The minimum Gasteiger partial charge on any atom is -0.354 e. The number of carbonyl (C=O) groups is 1.